The van der Waals surface area contributed by atoms with E-state index in [1.165, 1.54) is 6.20 Å². The molecule has 1 amide bonds. The number of nitrogens with two attached hydrogens (primary N) is 1. The lowest BCUT2D eigenvalue weighted by Gasteiger charge is -2.34. The smallest absolute Gasteiger partial charge is 0.266 e. The number of carbonyl (C=O) groups excluding carboxylic acids is 1. The van der Waals surface area contributed by atoms with E-state index in [1.54, 1.807) is 17.2 Å². The van der Waals surface area contributed by atoms with Crippen LogP contribution in [0.2, 0.25) is 0 Å². The van der Waals surface area contributed by atoms with Gasteiger partial charge < -0.3 is 16.0 Å². The molecule has 1 aliphatic heterocycles. The third kappa shape index (κ3) is 4.77. The highest BCUT2D eigenvalue weighted by Crippen LogP contribution is 2.09. The molecular formula is C16H22N6O. The van der Waals surface area contributed by atoms with Crippen LogP contribution in [-0.2, 0) is 4.79 Å². The zero-order chi connectivity index (χ0) is 16.7. The molecule has 1 saturated heterocycles. The molecule has 23 heavy (non-hydrogen) atoms. The predicted octanol–water partition coefficient (Wildman–Crippen LogP) is 0.312. The number of hydrogen-bond acceptors (Lipinski definition) is 6. The van der Waals surface area contributed by atoms with E-state index in [0.717, 1.165) is 25.2 Å². The first-order valence-electron chi connectivity index (χ1n) is 7.65. The van der Waals surface area contributed by atoms with E-state index >= 15 is 0 Å². The number of hydrogen-bond donors (Lipinski definition) is 2. The van der Waals surface area contributed by atoms with Crippen molar-refractivity contribution in [2.75, 3.05) is 44.6 Å². The van der Waals surface area contributed by atoms with E-state index in [1.807, 2.05) is 19.1 Å². The van der Waals surface area contributed by atoms with Crippen LogP contribution in [0.15, 0.2) is 30.1 Å². The second kappa shape index (κ2) is 8.27. The normalized spacial score (nSPS) is 16.0. The van der Waals surface area contributed by atoms with Crippen molar-refractivity contribution >= 4 is 11.7 Å². The molecule has 0 atom stereocenters. The third-order valence-electron chi connectivity index (χ3n) is 3.73. The standard InChI is InChI=1S/C16H22N6O/c1-13-2-3-15(19-11-13)20-12-14(10-18)16(23)22-8-6-21(5-4-17)7-9-22/h2-3,11-12H,4-9,17H2,1H3,(H,19,20)/b14-12-. The number of aromatic nitrogens is 1. The maximum Gasteiger partial charge on any atom is 0.266 e. The summed E-state index contributed by atoms with van der Waals surface area (Å²) in [5, 5.41) is 12.1. The Kier molecular flexibility index (Phi) is 6.09. The van der Waals surface area contributed by atoms with Crippen molar-refractivity contribution in [1.29, 1.82) is 5.26 Å². The molecule has 0 bridgehead atoms. The summed E-state index contributed by atoms with van der Waals surface area (Å²) in [5.74, 6) is 0.350. The molecule has 0 aromatic carbocycles. The first kappa shape index (κ1) is 16.9. The zero-order valence-electron chi connectivity index (χ0n) is 13.3. The quantitative estimate of drug-likeness (QED) is 0.600. The number of nitrogens with one attached hydrogen (secondary N) is 1. The van der Waals surface area contributed by atoms with Crippen molar-refractivity contribution in [2.24, 2.45) is 5.73 Å². The number of anilines is 1. The van der Waals surface area contributed by atoms with Crippen molar-refractivity contribution in [2.45, 2.75) is 6.92 Å². The number of nitriles is 1. The Bertz CT molecular complexity index is 596. The summed E-state index contributed by atoms with van der Waals surface area (Å²) in [7, 11) is 0. The van der Waals surface area contributed by atoms with Crippen LogP contribution < -0.4 is 11.1 Å². The van der Waals surface area contributed by atoms with Crippen LogP contribution in [0.4, 0.5) is 5.82 Å². The lowest BCUT2D eigenvalue weighted by Crippen LogP contribution is -2.50. The molecule has 1 aliphatic rings. The molecule has 122 valence electrons. The van der Waals surface area contributed by atoms with Crippen molar-refractivity contribution < 1.29 is 4.79 Å². The number of amides is 1. The summed E-state index contributed by atoms with van der Waals surface area (Å²) < 4.78 is 0. The number of aryl methyl sites for hydroxylation is 1. The summed E-state index contributed by atoms with van der Waals surface area (Å²) in [6.45, 7) is 6.19. The molecule has 7 nitrogen and oxygen atoms in total. The second-order valence-corrected chi connectivity index (χ2v) is 5.46. The molecule has 0 aliphatic carbocycles. The first-order valence-corrected chi connectivity index (χ1v) is 7.65. The molecule has 1 aromatic heterocycles. The van der Waals surface area contributed by atoms with Crippen LogP contribution in [-0.4, -0.2) is 60.0 Å². The zero-order valence-corrected chi connectivity index (χ0v) is 13.3. The van der Waals surface area contributed by atoms with Crippen LogP contribution >= 0.6 is 0 Å². The Labute approximate surface area is 136 Å². The SMILES string of the molecule is Cc1ccc(N/C=C(/C#N)C(=O)N2CCN(CCN)CC2)nc1. The van der Waals surface area contributed by atoms with Crippen LogP contribution in [0.25, 0.3) is 0 Å². The van der Waals surface area contributed by atoms with Crippen molar-refractivity contribution in [1.82, 2.24) is 14.8 Å². The molecule has 3 N–H and O–H groups in total. The summed E-state index contributed by atoms with van der Waals surface area (Å²) >= 11 is 0. The number of nitrogens with zero attached hydrogens (tertiary/aromatic N) is 4. The topological polar surface area (TPSA) is 98.3 Å². The van der Waals surface area contributed by atoms with Gasteiger partial charge in [-0.05, 0) is 18.6 Å². The summed E-state index contributed by atoms with van der Waals surface area (Å²) in [4.78, 5) is 20.5. The van der Waals surface area contributed by atoms with Gasteiger partial charge in [-0.1, -0.05) is 6.07 Å². The van der Waals surface area contributed by atoms with Gasteiger partial charge in [0, 0.05) is 51.7 Å². The molecule has 7 heteroatoms. The van der Waals surface area contributed by atoms with Crippen LogP contribution in [0.3, 0.4) is 0 Å². The molecule has 0 spiro atoms. The first-order chi connectivity index (χ1) is 11.1. The van der Waals surface area contributed by atoms with Gasteiger partial charge in [0.1, 0.15) is 17.5 Å². The maximum absolute atomic E-state index is 12.4. The fourth-order valence-electron chi connectivity index (χ4n) is 2.37. The molecular weight excluding hydrogens is 292 g/mol. The highest BCUT2D eigenvalue weighted by atomic mass is 16.2. The van der Waals surface area contributed by atoms with Gasteiger partial charge in [0.25, 0.3) is 5.91 Å². The highest BCUT2D eigenvalue weighted by molar-refractivity contribution is 5.97. The maximum atomic E-state index is 12.4. The third-order valence-corrected chi connectivity index (χ3v) is 3.73. The minimum absolute atomic E-state index is 0.0830. The van der Waals surface area contributed by atoms with E-state index in [2.05, 4.69) is 15.2 Å². The van der Waals surface area contributed by atoms with Gasteiger partial charge in [-0.15, -0.1) is 0 Å². The Morgan fingerprint density at radius 1 is 1.43 bits per heavy atom. The van der Waals surface area contributed by atoms with Gasteiger partial charge in [0.15, 0.2) is 0 Å². The summed E-state index contributed by atoms with van der Waals surface area (Å²) in [5.41, 5.74) is 6.67. The van der Waals surface area contributed by atoms with Gasteiger partial charge in [0.2, 0.25) is 0 Å². The van der Waals surface area contributed by atoms with E-state index in [9.17, 15) is 10.1 Å². The molecule has 2 rings (SSSR count). The van der Waals surface area contributed by atoms with E-state index in [4.69, 9.17) is 5.73 Å². The monoisotopic (exact) mass is 314 g/mol. The fraction of sp³-hybridized carbons (Fsp3) is 0.438. The van der Waals surface area contributed by atoms with E-state index in [0.29, 0.717) is 25.5 Å². The summed E-state index contributed by atoms with van der Waals surface area (Å²) in [6.07, 6.45) is 3.15. The highest BCUT2D eigenvalue weighted by Gasteiger charge is 2.23. The Morgan fingerprint density at radius 3 is 2.74 bits per heavy atom. The average Bonchev–Trinajstić information content (AvgIpc) is 2.58. The largest absolute Gasteiger partial charge is 0.345 e. The fourth-order valence-corrected chi connectivity index (χ4v) is 2.37. The van der Waals surface area contributed by atoms with Gasteiger partial charge in [-0.25, -0.2) is 4.98 Å². The Balaban J connectivity index is 1.95. The van der Waals surface area contributed by atoms with Crippen molar-refractivity contribution in [3.8, 4) is 6.07 Å². The van der Waals surface area contributed by atoms with Crippen molar-refractivity contribution in [3.05, 3.63) is 35.7 Å². The van der Waals surface area contributed by atoms with Crippen LogP contribution in [0.1, 0.15) is 5.56 Å². The minimum Gasteiger partial charge on any atom is -0.345 e. The van der Waals surface area contributed by atoms with Gasteiger partial charge >= 0.3 is 0 Å². The van der Waals surface area contributed by atoms with Gasteiger partial charge in [-0.2, -0.15) is 5.26 Å². The Morgan fingerprint density at radius 2 is 2.17 bits per heavy atom. The Hall–Kier alpha value is -2.43. The predicted molar refractivity (Wildman–Crippen MR) is 88.4 cm³/mol. The molecule has 2 heterocycles. The number of pyridine rings is 1. The lowest BCUT2D eigenvalue weighted by atomic mass is 10.2. The van der Waals surface area contributed by atoms with E-state index < -0.39 is 0 Å². The summed E-state index contributed by atoms with van der Waals surface area (Å²) in [6, 6.07) is 5.68. The van der Waals surface area contributed by atoms with Crippen LogP contribution in [0.5, 0.6) is 0 Å². The van der Waals surface area contributed by atoms with Crippen LogP contribution in [0, 0.1) is 18.3 Å². The molecule has 0 radical (unpaired) electrons. The van der Waals surface area contributed by atoms with Gasteiger partial charge in [0.05, 0.1) is 0 Å². The van der Waals surface area contributed by atoms with Crippen molar-refractivity contribution in [3.63, 3.8) is 0 Å². The molecule has 0 unspecified atom stereocenters. The number of rotatable bonds is 5. The average molecular weight is 314 g/mol. The number of piperazine rings is 1. The lowest BCUT2D eigenvalue weighted by molar-refractivity contribution is -0.128. The molecule has 1 aromatic rings. The minimum atomic E-state index is -0.250. The molecule has 0 saturated carbocycles. The van der Waals surface area contributed by atoms with Gasteiger partial charge in [-0.3, -0.25) is 9.69 Å². The molecule has 1 fully saturated rings. The second-order valence-electron chi connectivity index (χ2n) is 5.46. The number of carbonyl (C=O) groups is 1. The van der Waals surface area contributed by atoms with E-state index in [-0.39, 0.29) is 11.5 Å².